The minimum atomic E-state index is -0.852. The SMILES string of the molecule is CNC(=O)CCSC(C)(C)C(=O)O. The standard InChI is InChI=1S/C8H15NO3S/c1-8(2,7(11)12)13-5-4-6(10)9-3/h4-5H2,1-3H3,(H,9,10)(H,11,12). The zero-order valence-electron chi connectivity index (χ0n) is 8.09. The summed E-state index contributed by atoms with van der Waals surface area (Å²) < 4.78 is -0.811. The van der Waals surface area contributed by atoms with Gasteiger partial charge in [-0.25, -0.2) is 0 Å². The van der Waals surface area contributed by atoms with Gasteiger partial charge in [0.1, 0.15) is 4.75 Å². The Labute approximate surface area is 82.1 Å². The molecule has 0 bridgehead atoms. The fourth-order valence-corrected chi connectivity index (χ4v) is 1.51. The molecule has 0 radical (unpaired) electrons. The third-order valence-corrected chi connectivity index (χ3v) is 2.89. The van der Waals surface area contributed by atoms with Gasteiger partial charge in [0.15, 0.2) is 0 Å². The number of hydrogen-bond donors (Lipinski definition) is 2. The van der Waals surface area contributed by atoms with Crippen molar-refractivity contribution in [2.75, 3.05) is 12.8 Å². The molecule has 13 heavy (non-hydrogen) atoms. The van der Waals surface area contributed by atoms with Gasteiger partial charge in [-0.1, -0.05) is 0 Å². The zero-order chi connectivity index (χ0) is 10.5. The molecule has 0 aromatic rings. The summed E-state index contributed by atoms with van der Waals surface area (Å²) in [5.74, 6) is -0.387. The minimum Gasteiger partial charge on any atom is -0.480 e. The molecule has 0 aromatic heterocycles. The molecule has 0 aliphatic heterocycles. The highest BCUT2D eigenvalue weighted by atomic mass is 32.2. The fraction of sp³-hybridized carbons (Fsp3) is 0.750. The predicted molar refractivity (Wildman–Crippen MR) is 52.9 cm³/mol. The molecule has 76 valence electrons. The van der Waals surface area contributed by atoms with Crippen LogP contribution in [0.2, 0.25) is 0 Å². The molecule has 0 aromatic carbocycles. The van der Waals surface area contributed by atoms with E-state index in [1.54, 1.807) is 20.9 Å². The lowest BCUT2D eigenvalue weighted by atomic mass is 10.2. The molecule has 0 aliphatic rings. The Balaban J connectivity index is 3.76. The molecule has 0 heterocycles. The Morgan fingerprint density at radius 2 is 2.00 bits per heavy atom. The molecule has 0 rings (SSSR count). The lowest BCUT2D eigenvalue weighted by Gasteiger charge is -2.17. The van der Waals surface area contributed by atoms with Crippen LogP contribution in [0.4, 0.5) is 0 Å². The van der Waals surface area contributed by atoms with Crippen molar-refractivity contribution in [2.45, 2.75) is 25.0 Å². The summed E-state index contributed by atoms with van der Waals surface area (Å²) in [5.41, 5.74) is 0. The van der Waals surface area contributed by atoms with E-state index < -0.39 is 10.7 Å². The minimum absolute atomic E-state index is 0.0614. The van der Waals surface area contributed by atoms with Crippen LogP contribution in [-0.4, -0.2) is 34.5 Å². The van der Waals surface area contributed by atoms with E-state index >= 15 is 0 Å². The van der Waals surface area contributed by atoms with Gasteiger partial charge in [0.05, 0.1) is 0 Å². The van der Waals surface area contributed by atoms with Crippen LogP contribution in [0.1, 0.15) is 20.3 Å². The van der Waals surface area contributed by atoms with Gasteiger partial charge in [-0.05, 0) is 13.8 Å². The van der Waals surface area contributed by atoms with Crippen molar-refractivity contribution in [3.05, 3.63) is 0 Å². The number of amides is 1. The number of rotatable bonds is 5. The van der Waals surface area contributed by atoms with Crippen molar-refractivity contribution in [1.82, 2.24) is 5.32 Å². The van der Waals surface area contributed by atoms with E-state index in [1.165, 1.54) is 11.8 Å². The summed E-state index contributed by atoms with van der Waals surface area (Å²) in [5, 5.41) is 11.2. The monoisotopic (exact) mass is 205 g/mol. The van der Waals surface area contributed by atoms with Gasteiger partial charge in [0.2, 0.25) is 5.91 Å². The first-order valence-electron chi connectivity index (χ1n) is 3.98. The first-order valence-corrected chi connectivity index (χ1v) is 4.96. The maximum atomic E-state index is 10.8. The maximum Gasteiger partial charge on any atom is 0.319 e. The number of hydrogen-bond acceptors (Lipinski definition) is 3. The maximum absolute atomic E-state index is 10.8. The van der Waals surface area contributed by atoms with Crippen LogP contribution in [0.5, 0.6) is 0 Å². The first kappa shape index (κ1) is 12.3. The average molecular weight is 205 g/mol. The number of carbonyl (C=O) groups excluding carboxylic acids is 1. The molecular formula is C8H15NO3S. The number of thioether (sulfide) groups is 1. The number of carboxylic acid groups (broad SMARTS) is 1. The van der Waals surface area contributed by atoms with E-state index in [2.05, 4.69) is 5.32 Å². The lowest BCUT2D eigenvalue weighted by molar-refractivity contribution is -0.138. The lowest BCUT2D eigenvalue weighted by Crippen LogP contribution is -2.28. The van der Waals surface area contributed by atoms with Crippen molar-refractivity contribution in [1.29, 1.82) is 0 Å². The van der Waals surface area contributed by atoms with Gasteiger partial charge in [-0.3, -0.25) is 9.59 Å². The van der Waals surface area contributed by atoms with E-state index in [4.69, 9.17) is 5.11 Å². The van der Waals surface area contributed by atoms with E-state index in [1.807, 2.05) is 0 Å². The summed E-state index contributed by atoms with van der Waals surface area (Å²) in [6, 6.07) is 0. The van der Waals surface area contributed by atoms with Crippen molar-refractivity contribution in [3.8, 4) is 0 Å². The normalized spacial score (nSPS) is 11.0. The summed E-state index contributed by atoms with van der Waals surface area (Å²) in [6.45, 7) is 3.26. The first-order chi connectivity index (χ1) is 5.90. The highest BCUT2D eigenvalue weighted by Crippen LogP contribution is 2.24. The van der Waals surface area contributed by atoms with Crippen LogP contribution in [0.25, 0.3) is 0 Å². The Kier molecular flexibility index (Phi) is 4.83. The molecule has 5 heteroatoms. The van der Waals surface area contributed by atoms with Gasteiger partial charge in [0.25, 0.3) is 0 Å². The topological polar surface area (TPSA) is 66.4 Å². The number of carboxylic acids is 1. The van der Waals surface area contributed by atoms with Gasteiger partial charge in [-0.2, -0.15) is 0 Å². The summed E-state index contributed by atoms with van der Waals surface area (Å²) >= 11 is 1.27. The van der Waals surface area contributed by atoms with Crippen molar-refractivity contribution < 1.29 is 14.7 Å². The zero-order valence-corrected chi connectivity index (χ0v) is 8.90. The third kappa shape index (κ3) is 4.77. The predicted octanol–water partition coefficient (Wildman–Crippen LogP) is 0.719. The van der Waals surface area contributed by atoms with Gasteiger partial charge >= 0.3 is 5.97 Å². The molecule has 1 amide bonds. The smallest absolute Gasteiger partial charge is 0.319 e. The van der Waals surface area contributed by atoms with Crippen molar-refractivity contribution in [2.24, 2.45) is 0 Å². The van der Waals surface area contributed by atoms with E-state index in [9.17, 15) is 9.59 Å². The number of carbonyl (C=O) groups is 2. The molecule has 4 nitrogen and oxygen atoms in total. The second kappa shape index (κ2) is 5.11. The Morgan fingerprint density at radius 3 is 2.38 bits per heavy atom. The third-order valence-electron chi connectivity index (χ3n) is 1.59. The Bertz CT molecular complexity index is 204. The van der Waals surface area contributed by atoms with E-state index in [0.717, 1.165) is 0 Å². The van der Waals surface area contributed by atoms with Gasteiger partial charge in [0, 0.05) is 19.2 Å². The van der Waals surface area contributed by atoms with E-state index in [0.29, 0.717) is 12.2 Å². The van der Waals surface area contributed by atoms with Gasteiger partial charge < -0.3 is 10.4 Å². The van der Waals surface area contributed by atoms with Crippen LogP contribution >= 0.6 is 11.8 Å². The van der Waals surface area contributed by atoms with Crippen LogP contribution in [0.15, 0.2) is 0 Å². The Morgan fingerprint density at radius 1 is 1.46 bits per heavy atom. The molecule has 0 saturated carbocycles. The fourth-order valence-electron chi connectivity index (χ4n) is 0.586. The van der Waals surface area contributed by atoms with Crippen molar-refractivity contribution >= 4 is 23.6 Å². The molecule has 0 unspecified atom stereocenters. The largest absolute Gasteiger partial charge is 0.480 e. The highest BCUT2D eigenvalue weighted by Gasteiger charge is 2.27. The van der Waals surface area contributed by atoms with E-state index in [-0.39, 0.29) is 5.91 Å². The molecule has 0 atom stereocenters. The van der Waals surface area contributed by atoms with Crippen LogP contribution < -0.4 is 5.32 Å². The molecule has 0 saturated heterocycles. The van der Waals surface area contributed by atoms with Crippen molar-refractivity contribution in [3.63, 3.8) is 0 Å². The van der Waals surface area contributed by atoms with Gasteiger partial charge in [-0.15, -0.1) is 11.8 Å². The Hall–Kier alpha value is -0.710. The average Bonchev–Trinajstić information content (AvgIpc) is 2.03. The summed E-state index contributed by atoms with van der Waals surface area (Å²) in [4.78, 5) is 21.4. The molecule has 0 spiro atoms. The second-order valence-electron chi connectivity index (χ2n) is 3.09. The summed E-state index contributed by atoms with van der Waals surface area (Å²) in [6.07, 6.45) is 0.359. The highest BCUT2D eigenvalue weighted by molar-refractivity contribution is 8.01. The molecule has 0 fully saturated rings. The quantitative estimate of drug-likeness (QED) is 0.694. The van der Waals surface area contributed by atoms with Crippen LogP contribution in [0.3, 0.4) is 0 Å². The second-order valence-corrected chi connectivity index (χ2v) is 4.80. The number of aliphatic carboxylic acids is 1. The molecule has 2 N–H and O–H groups in total. The summed E-state index contributed by atoms with van der Waals surface area (Å²) in [7, 11) is 1.56. The molecular weight excluding hydrogens is 190 g/mol. The van der Waals surface area contributed by atoms with Crippen LogP contribution in [-0.2, 0) is 9.59 Å². The number of nitrogens with one attached hydrogen (secondary N) is 1. The van der Waals surface area contributed by atoms with Crippen LogP contribution in [0, 0.1) is 0 Å². The molecule has 0 aliphatic carbocycles.